The van der Waals surface area contributed by atoms with Crippen molar-refractivity contribution in [1.82, 2.24) is 4.90 Å². The van der Waals surface area contributed by atoms with E-state index in [-0.39, 0.29) is 29.9 Å². The zero-order valence-corrected chi connectivity index (χ0v) is 19.2. The molecule has 0 aliphatic heterocycles. The first kappa shape index (κ1) is 25.0. The molecular formula is C22H34N2O4S. The number of ether oxygens (including phenoxy) is 1. The summed E-state index contributed by atoms with van der Waals surface area (Å²) in [5.74, 6) is 0.0192. The van der Waals surface area contributed by atoms with Gasteiger partial charge in [-0.1, -0.05) is 45.4 Å². The minimum absolute atomic E-state index is 0.0297. The van der Waals surface area contributed by atoms with Gasteiger partial charge in [0.25, 0.3) is 5.91 Å². The number of thioether (sulfide) groups is 1. The van der Waals surface area contributed by atoms with Gasteiger partial charge in [0, 0.05) is 18.8 Å². The van der Waals surface area contributed by atoms with Crippen LogP contribution in [0.1, 0.15) is 38.8 Å². The third kappa shape index (κ3) is 10.4. The number of nitrogens with zero attached hydrogens (tertiary/aromatic N) is 1. The summed E-state index contributed by atoms with van der Waals surface area (Å²) in [5, 5.41) is 2.84. The van der Waals surface area contributed by atoms with E-state index in [1.807, 2.05) is 59.7 Å². The van der Waals surface area contributed by atoms with Gasteiger partial charge in [0.15, 0.2) is 6.61 Å². The molecule has 6 nitrogen and oxygen atoms in total. The highest BCUT2D eigenvalue weighted by atomic mass is 32.2. The standard InChI is InChI=1S/C22H34N2O4S/c1-15(2)10-24(11-16(3)4)21(26)12-28-22(27)14-29-13-20(25)23-19-8-7-17(5)9-18(19)6/h7-9,15-16H,10-14H2,1-6H3,(H,23,25). The summed E-state index contributed by atoms with van der Waals surface area (Å²) in [6.45, 7) is 13.1. The monoisotopic (exact) mass is 422 g/mol. The minimum atomic E-state index is -0.489. The van der Waals surface area contributed by atoms with Gasteiger partial charge in [0.2, 0.25) is 5.91 Å². The molecular weight excluding hydrogens is 388 g/mol. The highest BCUT2D eigenvalue weighted by Crippen LogP contribution is 2.16. The van der Waals surface area contributed by atoms with Gasteiger partial charge in [-0.3, -0.25) is 14.4 Å². The topological polar surface area (TPSA) is 75.7 Å². The number of esters is 1. The Bertz CT molecular complexity index is 694. The Morgan fingerprint density at radius 3 is 2.21 bits per heavy atom. The van der Waals surface area contributed by atoms with Crippen LogP contribution in [0.3, 0.4) is 0 Å². The second kappa shape index (κ2) is 12.5. The number of carbonyl (C=O) groups is 3. The van der Waals surface area contributed by atoms with Crippen molar-refractivity contribution in [1.29, 1.82) is 0 Å². The maximum atomic E-state index is 12.3. The molecule has 1 aromatic carbocycles. The quantitative estimate of drug-likeness (QED) is 0.551. The van der Waals surface area contributed by atoms with Crippen LogP contribution in [0.4, 0.5) is 5.69 Å². The van der Waals surface area contributed by atoms with Crippen LogP contribution in [0.15, 0.2) is 18.2 Å². The van der Waals surface area contributed by atoms with Crippen molar-refractivity contribution in [2.24, 2.45) is 11.8 Å². The van der Waals surface area contributed by atoms with Gasteiger partial charge in [0.1, 0.15) is 0 Å². The van der Waals surface area contributed by atoms with E-state index in [0.717, 1.165) is 16.8 Å². The third-order valence-corrected chi connectivity index (χ3v) is 4.90. The molecule has 0 aliphatic carbocycles. The lowest BCUT2D eigenvalue weighted by Gasteiger charge is -2.26. The van der Waals surface area contributed by atoms with Gasteiger partial charge in [-0.15, -0.1) is 11.8 Å². The molecule has 0 heterocycles. The van der Waals surface area contributed by atoms with Crippen molar-refractivity contribution in [2.45, 2.75) is 41.5 Å². The average Bonchev–Trinajstić information content (AvgIpc) is 2.60. The Morgan fingerprint density at radius 1 is 1.03 bits per heavy atom. The van der Waals surface area contributed by atoms with Crippen molar-refractivity contribution in [3.63, 3.8) is 0 Å². The molecule has 0 radical (unpaired) electrons. The number of aryl methyl sites for hydroxylation is 2. The van der Waals surface area contributed by atoms with Crippen molar-refractivity contribution in [3.05, 3.63) is 29.3 Å². The van der Waals surface area contributed by atoms with Crippen molar-refractivity contribution < 1.29 is 19.1 Å². The Balaban J connectivity index is 2.35. The molecule has 0 bridgehead atoms. The van der Waals surface area contributed by atoms with Crippen LogP contribution < -0.4 is 5.32 Å². The van der Waals surface area contributed by atoms with Crippen molar-refractivity contribution >= 4 is 35.2 Å². The first-order valence-corrected chi connectivity index (χ1v) is 11.1. The summed E-state index contributed by atoms with van der Waals surface area (Å²) < 4.78 is 5.10. The normalized spacial score (nSPS) is 10.9. The maximum Gasteiger partial charge on any atom is 0.316 e. The van der Waals surface area contributed by atoms with Crippen molar-refractivity contribution in [3.8, 4) is 0 Å². The summed E-state index contributed by atoms with van der Waals surface area (Å²) in [6, 6.07) is 5.80. The van der Waals surface area contributed by atoms with E-state index in [2.05, 4.69) is 5.32 Å². The van der Waals surface area contributed by atoms with Crippen LogP contribution in [-0.2, 0) is 19.1 Å². The van der Waals surface area contributed by atoms with Crippen LogP contribution in [0.2, 0.25) is 0 Å². The SMILES string of the molecule is Cc1ccc(NC(=O)CSCC(=O)OCC(=O)N(CC(C)C)CC(C)C)c(C)c1. The number of hydrogen-bond acceptors (Lipinski definition) is 5. The van der Waals surface area contributed by atoms with Crippen LogP contribution in [-0.4, -0.2) is 53.9 Å². The molecule has 0 saturated carbocycles. The first-order valence-electron chi connectivity index (χ1n) is 9.96. The zero-order valence-electron chi connectivity index (χ0n) is 18.4. The predicted octanol–water partition coefficient (Wildman–Crippen LogP) is 3.66. The Kier molecular flexibility index (Phi) is 10.8. The number of rotatable bonds is 11. The number of carbonyl (C=O) groups excluding carboxylic acids is 3. The lowest BCUT2D eigenvalue weighted by molar-refractivity contribution is -0.150. The van der Waals surface area contributed by atoms with Crippen LogP contribution in [0, 0.1) is 25.7 Å². The van der Waals surface area contributed by atoms with E-state index in [1.54, 1.807) is 4.90 Å². The van der Waals surface area contributed by atoms with E-state index in [0.29, 0.717) is 24.9 Å². The fraction of sp³-hybridized carbons (Fsp3) is 0.591. The zero-order chi connectivity index (χ0) is 22.0. The van der Waals surface area contributed by atoms with Crippen LogP contribution in [0.25, 0.3) is 0 Å². The third-order valence-electron chi connectivity index (χ3n) is 3.99. The van der Waals surface area contributed by atoms with E-state index in [1.165, 1.54) is 11.8 Å². The predicted molar refractivity (Wildman–Crippen MR) is 119 cm³/mol. The molecule has 0 aliphatic rings. The Morgan fingerprint density at radius 2 is 1.66 bits per heavy atom. The lowest BCUT2D eigenvalue weighted by Crippen LogP contribution is -2.39. The molecule has 29 heavy (non-hydrogen) atoms. The molecule has 0 atom stereocenters. The summed E-state index contributed by atoms with van der Waals surface area (Å²) in [5.41, 5.74) is 2.89. The number of hydrogen-bond donors (Lipinski definition) is 1. The number of anilines is 1. The molecule has 0 saturated heterocycles. The van der Waals surface area contributed by atoms with Gasteiger partial charge in [-0.25, -0.2) is 0 Å². The van der Waals surface area contributed by atoms with Gasteiger partial charge >= 0.3 is 5.97 Å². The summed E-state index contributed by atoms with van der Waals surface area (Å²) in [4.78, 5) is 38.0. The Labute approximate surface area is 178 Å². The molecule has 0 unspecified atom stereocenters. The van der Waals surface area contributed by atoms with Crippen LogP contribution in [0.5, 0.6) is 0 Å². The molecule has 0 aromatic heterocycles. The number of amides is 2. The molecule has 1 aromatic rings. The fourth-order valence-corrected chi connectivity index (χ4v) is 3.41. The van der Waals surface area contributed by atoms with Gasteiger partial charge < -0.3 is 15.0 Å². The summed E-state index contributed by atoms with van der Waals surface area (Å²) in [7, 11) is 0. The van der Waals surface area contributed by atoms with E-state index in [4.69, 9.17) is 4.74 Å². The molecule has 1 N–H and O–H groups in total. The summed E-state index contributed by atoms with van der Waals surface area (Å²) >= 11 is 1.17. The van der Waals surface area contributed by atoms with Gasteiger partial charge in [0.05, 0.1) is 11.5 Å². The number of benzene rings is 1. The highest BCUT2D eigenvalue weighted by molar-refractivity contribution is 8.00. The average molecular weight is 423 g/mol. The summed E-state index contributed by atoms with van der Waals surface area (Å²) in [6.07, 6.45) is 0. The molecule has 0 fully saturated rings. The Hall–Kier alpha value is -2.02. The van der Waals surface area contributed by atoms with Crippen LogP contribution >= 0.6 is 11.8 Å². The van der Waals surface area contributed by atoms with Gasteiger partial charge in [-0.2, -0.15) is 0 Å². The molecule has 7 heteroatoms. The second-order valence-electron chi connectivity index (χ2n) is 8.11. The van der Waals surface area contributed by atoms with Crippen molar-refractivity contribution in [2.75, 3.05) is 36.5 Å². The first-order chi connectivity index (χ1) is 13.6. The lowest BCUT2D eigenvalue weighted by atomic mass is 10.1. The molecule has 1 rings (SSSR count). The number of nitrogens with one attached hydrogen (secondary N) is 1. The maximum absolute atomic E-state index is 12.3. The van der Waals surface area contributed by atoms with E-state index >= 15 is 0 Å². The van der Waals surface area contributed by atoms with E-state index in [9.17, 15) is 14.4 Å². The molecule has 2 amide bonds. The minimum Gasteiger partial charge on any atom is -0.455 e. The molecule has 0 spiro atoms. The largest absolute Gasteiger partial charge is 0.455 e. The van der Waals surface area contributed by atoms with Gasteiger partial charge in [-0.05, 0) is 37.3 Å². The smallest absolute Gasteiger partial charge is 0.316 e. The fourth-order valence-electron chi connectivity index (χ4n) is 2.80. The second-order valence-corrected chi connectivity index (χ2v) is 9.09. The highest BCUT2D eigenvalue weighted by Gasteiger charge is 2.18. The molecule has 162 valence electrons. The van der Waals surface area contributed by atoms with E-state index < -0.39 is 5.97 Å².